The Bertz CT molecular complexity index is 732. The molecular weight excluding hydrogens is 314 g/mol. The number of fused-ring (bicyclic) bond motifs is 1. The highest BCUT2D eigenvalue weighted by atomic mass is 35.5. The van der Waals surface area contributed by atoms with Crippen molar-refractivity contribution in [1.82, 2.24) is 0 Å². The number of phenols is 1. The number of hydrogen-bond acceptors (Lipinski definition) is 3. The van der Waals surface area contributed by atoms with Crippen molar-refractivity contribution in [3.63, 3.8) is 0 Å². The number of hydrogen-bond donors (Lipinski definition) is 2. The highest BCUT2D eigenvalue weighted by Crippen LogP contribution is 2.38. The zero-order valence-electron chi connectivity index (χ0n) is 12.5. The van der Waals surface area contributed by atoms with E-state index >= 15 is 0 Å². The van der Waals surface area contributed by atoms with Crippen LogP contribution in [-0.2, 0) is 17.6 Å². The first-order valence-corrected chi connectivity index (χ1v) is 7.93. The Labute approximate surface area is 139 Å². The summed E-state index contributed by atoms with van der Waals surface area (Å²) in [7, 11) is 0. The summed E-state index contributed by atoms with van der Waals surface area (Å²) in [6, 6.07) is 13.0. The average molecular weight is 332 g/mol. The number of carbonyl (C=O) groups is 1. The van der Waals surface area contributed by atoms with Gasteiger partial charge in [0, 0.05) is 10.9 Å². The Morgan fingerprint density at radius 3 is 2.87 bits per heavy atom. The van der Waals surface area contributed by atoms with Crippen molar-refractivity contribution in [1.29, 1.82) is 0 Å². The molecule has 0 fully saturated rings. The van der Waals surface area contributed by atoms with Crippen LogP contribution >= 0.6 is 11.6 Å². The number of benzene rings is 2. The number of halogens is 1. The lowest BCUT2D eigenvalue weighted by atomic mass is 9.77. The lowest BCUT2D eigenvalue weighted by Gasteiger charge is -2.33. The third kappa shape index (κ3) is 3.59. The van der Waals surface area contributed by atoms with Gasteiger partial charge in [0.05, 0.1) is 0 Å². The van der Waals surface area contributed by atoms with E-state index < -0.39 is 6.09 Å². The van der Waals surface area contributed by atoms with Crippen LogP contribution in [0.25, 0.3) is 0 Å². The predicted molar refractivity (Wildman–Crippen MR) is 88.8 cm³/mol. The highest BCUT2D eigenvalue weighted by molar-refractivity contribution is 6.30. The number of phenolic OH excluding ortho intramolecular Hbond substituents is 1. The van der Waals surface area contributed by atoms with Crippen LogP contribution in [0.15, 0.2) is 42.5 Å². The van der Waals surface area contributed by atoms with Crippen LogP contribution in [0.5, 0.6) is 5.75 Å². The van der Waals surface area contributed by atoms with Crippen LogP contribution in [-0.4, -0.2) is 17.3 Å². The fourth-order valence-electron chi connectivity index (χ4n) is 3.30. The molecule has 0 saturated carbocycles. The van der Waals surface area contributed by atoms with Gasteiger partial charge in [-0.2, -0.15) is 0 Å². The van der Waals surface area contributed by atoms with Crippen LogP contribution in [0.1, 0.15) is 29.0 Å². The van der Waals surface area contributed by atoms with Gasteiger partial charge in [-0.25, -0.2) is 4.79 Å². The number of carbonyl (C=O) groups excluding carboxylic acids is 1. The first kappa shape index (κ1) is 15.7. The number of primary amides is 1. The molecule has 0 saturated heterocycles. The zero-order valence-corrected chi connectivity index (χ0v) is 13.3. The number of aromatic hydroxyl groups is 1. The lowest BCUT2D eigenvalue weighted by Crippen LogP contribution is -2.33. The molecule has 120 valence electrons. The minimum Gasteiger partial charge on any atom is -0.508 e. The van der Waals surface area contributed by atoms with E-state index in [-0.39, 0.29) is 17.8 Å². The highest BCUT2D eigenvalue weighted by Gasteiger charge is 2.32. The molecule has 1 amide bonds. The van der Waals surface area contributed by atoms with E-state index in [1.165, 1.54) is 5.56 Å². The van der Waals surface area contributed by atoms with Gasteiger partial charge in [-0.3, -0.25) is 0 Å². The van der Waals surface area contributed by atoms with Crippen molar-refractivity contribution in [3.05, 3.63) is 64.2 Å². The van der Waals surface area contributed by atoms with Gasteiger partial charge in [-0.05, 0) is 60.2 Å². The standard InChI is InChI=1S/C18H18ClNO3/c19-13-3-1-2-11(8-13)9-16-15-10-14(21)6-4-12(15)5-7-17(16)23-18(20)22/h1-4,6,8,10,16-17,21H,5,7,9H2,(H2,20,22). The van der Waals surface area contributed by atoms with E-state index in [0.29, 0.717) is 17.9 Å². The minimum absolute atomic E-state index is 0.0585. The fraction of sp³-hybridized carbons (Fsp3) is 0.278. The third-order valence-corrected chi connectivity index (χ3v) is 4.52. The van der Waals surface area contributed by atoms with Crippen LogP contribution in [0.4, 0.5) is 4.79 Å². The molecule has 2 unspecified atom stereocenters. The maximum Gasteiger partial charge on any atom is 0.404 e. The van der Waals surface area contributed by atoms with E-state index in [1.807, 2.05) is 30.3 Å². The Morgan fingerprint density at radius 2 is 2.13 bits per heavy atom. The molecule has 0 spiro atoms. The topological polar surface area (TPSA) is 72.6 Å². The Morgan fingerprint density at radius 1 is 1.30 bits per heavy atom. The predicted octanol–water partition coefficient (Wildman–Crippen LogP) is 3.78. The zero-order chi connectivity index (χ0) is 16.4. The molecule has 3 N–H and O–H groups in total. The van der Waals surface area contributed by atoms with Gasteiger partial charge in [0.15, 0.2) is 0 Å². The van der Waals surface area contributed by atoms with Crippen molar-refractivity contribution in [2.75, 3.05) is 0 Å². The molecule has 1 aliphatic carbocycles. The molecule has 0 aliphatic heterocycles. The number of amides is 1. The molecule has 0 radical (unpaired) electrons. The first-order chi connectivity index (χ1) is 11.0. The molecule has 0 aromatic heterocycles. The normalized spacial score (nSPS) is 19.9. The second-order valence-corrected chi connectivity index (χ2v) is 6.27. The molecule has 2 aromatic carbocycles. The van der Waals surface area contributed by atoms with Crippen LogP contribution in [0, 0.1) is 0 Å². The number of aryl methyl sites for hydroxylation is 1. The van der Waals surface area contributed by atoms with E-state index in [9.17, 15) is 9.90 Å². The monoisotopic (exact) mass is 331 g/mol. The van der Waals surface area contributed by atoms with Gasteiger partial charge in [0.2, 0.25) is 0 Å². The second kappa shape index (κ2) is 6.50. The van der Waals surface area contributed by atoms with E-state index in [4.69, 9.17) is 22.1 Å². The van der Waals surface area contributed by atoms with Crippen molar-refractivity contribution in [3.8, 4) is 5.75 Å². The van der Waals surface area contributed by atoms with Gasteiger partial charge >= 0.3 is 6.09 Å². The quantitative estimate of drug-likeness (QED) is 0.899. The number of rotatable bonds is 3. The number of nitrogens with two attached hydrogens (primary N) is 1. The summed E-state index contributed by atoms with van der Waals surface area (Å²) in [4.78, 5) is 11.2. The summed E-state index contributed by atoms with van der Waals surface area (Å²) in [6.45, 7) is 0. The van der Waals surface area contributed by atoms with Crippen molar-refractivity contribution < 1.29 is 14.6 Å². The largest absolute Gasteiger partial charge is 0.508 e. The molecule has 2 aromatic rings. The van der Waals surface area contributed by atoms with Crippen molar-refractivity contribution in [2.24, 2.45) is 5.73 Å². The maximum absolute atomic E-state index is 11.2. The molecule has 0 bridgehead atoms. The van der Waals surface area contributed by atoms with E-state index in [1.54, 1.807) is 12.1 Å². The summed E-state index contributed by atoms with van der Waals surface area (Å²) in [5.74, 6) is 0.149. The molecular formula is C18H18ClNO3. The summed E-state index contributed by atoms with van der Waals surface area (Å²) >= 11 is 6.06. The third-order valence-electron chi connectivity index (χ3n) is 4.29. The van der Waals surface area contributed by atoms with Gasteiger partial charge in [0.1, 0.15) is 11.9 Å². The summed E-state index contributed by atoms with van der Waals surface area (Å²) in [6.07, 6.45) is 1.09. The Kier molecular flexibility index (Phi) is 4.44. The molecule has 0 heterocycles. The lowest BCUT2D eigenvalue weighted by molar-refractivity contribution is 0.0791. The van der Waals surface area contributed by atoms with Gasteiger partial charge in [0.25, 0.3) is 0 Å². The van der Waals surface area contributed by atoms with Crippen LogP contribution in [0.2, 0.25) is 5.02 Å². The Balaban J connectivity index is 1.96. The van der Waals surface area contributed by atoms with Gasteiger partial charge in [-0.1, -0.05) is 29.8 Å². The molecule has 3 rings (SSSR count). The maximum atomic E-state index is 11.2. The first-order valence-electron chi connectivity index (χ1n) is 7.55. The molecule has 1 aliphatic rings. The van der Waals surface area contributed by atoms with Gasteiger partial charge < -0.3 is 15.6 Å². The van der Waals surface area contributed by atoms with Gasteiger partial charge in [-0.15, -0.1) is 0 Å². The molecule has 5 heteroatoms. The average Bonchev–Trinajstić information content (AvgIpc) is 2.49. The minimum atomic E-state index is -0.769. The number of ether oxygens (including phenoxy) is 1. The smallest absolute Gasteiger partial charge is 0.404 e. The molecule has 23 heavy (non-hydrogen) atoms. The van der Waals surface area contributed by atoms with Crippen molar-refractivity contribution >= 4 is 17.7 Å². The van der Waals surface area contributed by atoms with E-state index in [0.717, 1.165) is 17.5 Å². The molecule has 4 nitrogen and oxygen atoms in total. The van der Waals surface area contributed by atoms with E-state index in [2.05, 4.69) is 0 Å². The summed E-state index contributed by atoms with van der Waals surface area (Å²) in [5, 5.41) is 10.5. The second-order valence-electron chi connectivity index (χ2n) is 5.84. The van der Waals surface area contributed by atoms with Crippen LogP contribution in [0.3, 0.4) is 0 Å². The summed E-state index contributed by atoms with van der Waals surface area (Å²) in [5.41, 5.74) is 8.44. The molecule has 2 atom stereocenters. The van der Waals surface area contributed by atoms with Crippen molar-refractivity contribution in [2.45, 2.75) is 31.3 Å². The fourth-order valence-corrected chi connectivity index (χ4v) is 3.52. The van der Waals surface area contributed by atoms with Crippen LogP contribution < -0.4 is 5.73 Å². The Hall–Kier alpha value is -2.20. The summed E-state index contributed by atoms with van der Waals surface area (Å²) < 4.78 is 5.33. The SMILES string of the molecule is NC(=O)OC1CCc2ccc(O)cc2C1Cc1cccc(Cl)c1.